The number of nitrogens with zero attached hydrogens (tertiary/aromatic N) is 2. The van der Waals surface area contributed by atoms with Crippen molar-refractivity contribution in [3.05, 3.63) is 29.8 Å². The smallest absolute Gasteiger partial charge is 0.243 e. The molecule has 2 fully saturated rings. The van der Waals surface area contributed by atoms with Crippen molar-refractivity contribution in [1.82, 2.24) is 10.2 Å². The lowest BCUT2D eigenvalue weighted by molar-refractivity contribution is -0.138. The molecule has 130 valence electrons. The Labute approximate surface area is 147 Å². The zero-order chi connectivity index (χ0) is 17.3. The second kappa shape index (κ2) is 6.67. The molecule has 0 radical (unpaired) electrons. The van der Waals surface area contributed by atoms with Gasteiger partial charge in [-0.05, 0) is 31.9 Å². The minimum atomic E-state index is -0.342. The van der Waals surface area contributed by atoms with Crippen molar-refractivity contribution in [2.75, 3.05) is 24.2 Å². The van der Waals surface area contributed by atoms with Gasteiger partial charge in [0.05, 0.1) is 4.87 Å². The summed E-state index contributed by atoms with van der Waals surface area (Å²) in [6, 6.07) is 7.76. The minimum absolute atomic E-state index is 0.0459. The van der Waals surface area contributed by atoms with Crippen molar-refractivity contribution in [2.45, 2.75) is 44.1 Å². The van der Waals surface area contributed by atoms with Crippen LogP contribution >= 0.6 is 11.8 Å². The molecule has 2 aliphatic heterocycles. The third-order valence-corrected chi connectivity index (χ3v) is 6.58. The fourth-order valence-corrected chi connectivity index (χ4v) is 4.95. The molecule has 2 atom stereocenters. The van der Waals surface area contributed by atoms with Crippen LogP contribution in [0, 0.1) is 0 Å². The van der Waals surface area contributed by atoms with Crippen LogP contribution in [0.4, 0.5) is 5.69 Å². The molecule has 2 heterocycles. The number of carbonyl (C=O) groups excluding carboxylic acids is 2. The predicted octanol–water partition coefficient (Wildman–Crippen LogP) is 2.21. The number of thioether (sulfide) groups is 1. The lowest BCUT2D eigenvalue weighted by Gasteiger charge is -2.30. The maximum atomic E-state index is 12.7. The summed E-state index contributed by atoms with van der Waals surface area (Å²) in [5, 5.41) is 3.04. The van der Waals surface area contributed by atoms with E-state index < -0.39 is 0 Å². The van der Waals surface area contributed by atoms with Gasteiger partial charge >= 0.3 is 0 Å². The number of nitrogens with one attached hydrogen (secondary N) is 1. The van der Waals surface area contributed by atoms with E-state index in [4.69, 9.17) is 0 Å². The van der Waals surface area contributed by atoms with Crippen LogP contribution < -0.4 is 10.2 Å². The molecule has 0 spiro atoms. The average molecular weight is 347 g/mol. The third kappa shape index (κ3) is 2.99. The van der Waals surface area contributed by atoms with Crippen molar-refractivity contribution in [2.24, 2.45) is 0 Å². The van der Waals surface area contributed by atoms with Crippen LogP contribution in [0.1, 0.15) is 32.3 Å². The van der Waals surface area contributed by atoms with Gasteiger partial charge < -0.3 is 15.1 Å². The molecule has 0 saturated carbocycles. The van der Waals surface area contributed by atoms with Gasteiger partial charge in [-0.15, -0.1) is 11.8 Å². The van der Waals surface area contributed by atoms with Crippen LogP contribution in [0.2, 0.25) is 0 Å². The summed E-state index contributed by atoms with van der Waals surface area (Å²) in [5.74, 6) is 0.745. The molecule has 1 N–H and O–H groups in total. The van der Waals surface area contributed by atoms with E-state index in [9.17, 15) is 9.59 Å². The second-order valence-corrected chi connectivity index (χ2v) is 8.13. The van der Waals surface area contributed by atoms with Crippen molar-refractivity contribution >= 4 is 29.3 Å². The molecule has 1 aromatic carbocycles. The first-order valence-corrected chi connectivity index (χ1v) is 9.47. The molecule has 0 aliphatic carbocycles. The van der Waals surface area contributed by atoms with Gasteiger partial charge in [0.25, 0.3) is 0 Å². The summed E-state index contributed by atoms with van der Waals surface area (Å²) in [6.45, 7) is 5.57. The van der Waals surface area contributed by atoms with E-state index >= 15 is 0 Å². The van der Waals surface area contributed by atoms with Crippen LogP contribution in [0.15, 0.2) is 24.3 Å². The number of fused-ring (bicyclic) bond motifs is 1. The predicted molar refractivity (Wildman–Crippen MR) is 98.0 cm³/mol. The fourth-order valence-electron chi connectivity index (χ4n) is 3.52. The molecular weight excluding hydrogens is 322 g/mol. The van der Waals surface area contributed by atoms with E-state index in [1.165, 1.54) is 0 Å². The monoisotopic (exact) mass is 347 g/mol. The van der Waals surface area contributed by atoms with E-state index in [2.05, 4.69) is 30.1 Å². The molecule has 0 aromatic heterocycles. The highest BCUT2D eigenvalue weighted by Crippen LogP contribution is 2.47. The Morgan fingerprint density at radius 2 is 2.21 bits per heavy atom. The first kappa shape index (κ1) is 17.1. The highest BCUT2D eigenvalue weighted by atomic mass is 32.2. The maximum Gasteiger partial charge on any atom is 0.243 e. The lowest BCUT2D eigenvalue weighted by Crippen LogP contribution is -2.49. The minimum Gasteiger partial charge on any atom is -0.375 e. The number of hydrogen-bond acceptors (Lipinski definition) is 4. The molecule has 6 heteroatoms. The second-order valence-electron chi connectivity index (χ2n) is 6.63. The Balaban J connectivity index is 1.68. The molecule has 1 aromatic rings. The van der Waals surface area contributed by atoms with E-state index in [0.29, 0.717) is 18.7 Å². The number of rotatable bonds is 5. The van der Waals surface area contributed by atoms with Crippen LogP contribution in [-0.4, -0.2) is 47.0 Å². The van der Waals surface area contributed by atoms with E-state index in [0.717, 1.165) is 24.2 Å². The van der Waals surface area contributed by atoms with Gasteiger partial charge in [-0.25, -0.2) is 0 Å². The molecule has 2 amide bonds. The summed E-state index contributed by atoms with van der Waals surface area (Å²) < 4.78 is 0. The standard InChI is InChI=1S/C18H25N3O2S/c1-4-20(3)14-8-6-5-7-13(14)11-19-17(23)15-12-24-18(2)10-9-16(22)21(15)18/h5-8,15H,4,9-12H2,1-3H3,(H,19,23). The van der Waals surface area contributed by atoms with Gasteiger partial charge in [-0.3, -0.25) is 9.59 Å². The molecule has 3 rings (SSSR count). The molecule has 2 aliphatic rings. The van der Waals surface area contributed by atoms with Gasteiger partial charge in [-0.2, -0.15) is 0 Å². The van der Waals surface area contributed by atoms with Crippen molar-refractivity contribution in [3.63, 3.8) is 0 Å². The average Bonchev–Trinajstić information content (AvgIpc) is 3.08. The fraction of sp³-hybridized carbons (Fsp3) is 0.556. The van der Waals surface area contributed by atoms with Gasteiger partial charge in [0.1, 0.15) is 6.04 Å². The van der Waals surface area contributed by atoms with Crippen LogP contribution in [0.25, 0.3) is 0 Å². The Kier molecular flexibility index (Phi) is 4.76. The first-order valence-electron chi connectivity index (χ1n) is 8.49. The number of benzene rings is 1. The van der Waals surface area contributed by atoms with Crippen molar-refractivity contribution < 1.29 is 9.59 Å². The van der Waals surface area contributed by atoms with Crippen molar-refractivity contribution in [3.8, 4) is 0 Å². The lowest BCUT2D eigenvalue weighted by atomic mass is 10.1. The van der Waals surface area contributed by atoms with Crippen LogP contribution in [-0.2, 0) is 16.1 Å². The summed E-state index contributed by atoms with van der Waals surface area (Å²) >= 11 is 1.72. The van der Waals surface area contributed by atoms with E-state index in [1.54, 1.807) is 16.7 Å². The molecular formula is C18H25N3O2S. The Morgan fingerprint density at radius 3 is 2.96 bits per heavy atom. The first-order chi connectivity index (χ1) is 11.5. The van der Waals surface area contributed by atoms with Gasteiger partial charge in [-0.1, -0.05) is 18.2 Å². The normalized spacial score (nSPS) is 25.7. The largest absolute Gasteiger partial charge is 0.375 e. The van der Waals surface area contributed by atoms with Gasteiger partial charge in [0, 0.05) is 38.0 Å². The molecule has 24 heavy (non-hydrogen) atoms. The Morgan fingerprint density at radius 1 is 1.46 bits per heavy atom. The van der Waals surface area contributed by atoms with Gasteiger partial charge in [0.15, 0.2) is 0 Å². The highest BCUT2D eigenvalue weighted by Gasteiger charge is 2.52. The number of para-hydroxylation sites is 1. The van der Waals surface area contributed by atoms with E-state index in [1.807, 2.05) is 25.2 Å². The zero-order valence-electron chi connectivity index (χ0n) is 14.5. The van der Waals surface area contributed by atoms with Crippen LogP contribution in [0.5, 0.6) is 0 Å². The topological polar surface area (TPSA) is 52.7 Å². The number of hydrogen-bond donors (Lipinski definition) is 1. The molecule has 2 saturated heterocycles. The Hall–Kier alpha value is -1.69. The Bertz CT molecular complexity index is 651. The maximum absolute atomic E-state index is 12.7. The molecule has 5 nitrogen and oxygen atoms in total. The van der Waals surface area contributed by atoms with E-state index in [-0.39, 0.29) is 22.7 Å². The number of carbonyl (C=O) groups is 2. The third-order valence-electron chi connectivity index (χ3n) is 5.08. The number of amides is 2. The molecule has 2 unspecified atom stereocenters. The summed E-state index contributed by atoms with van der Waals surface area (Å²) in [5.41, 5.74) is 2.22. The summed E-state index contributed by atoms with van der Waals surface area (Å²) in [6.07, 6.45) is 1.39. The number of anilines is 1. The quantitative estimate of drug-likeness (QED) is 0.887. The zero-order valence-corrected chi connectivity index (χ0v) is 15.4. The SMILES string of the molecule is CCN(C)c1ccccc1CNC(=O)C1CSC2(C)CCC(=O)N12. The molecule has 0 bridgehead atoms. The van der Waals surface area contributed by atoms with Crippen molar-refractivity contribution in [1.29, 1.82) is 0 Å². The van der Waals surface area contributed by atoms with Gasteiger partial charge in [0.2, 0.25) is 11.8 Å². The highest BCUT2D eigenvalue weighted by molar-refractivity contribution is 8.01. The summed E-state index contributed by atoms with van der Waals surface area (Å²) in [4.78, 5) is 28.6. The van der Waals surface area contributed by atoms with Crippen LogP contribution in [0.3, 0.4) is 0 Å². The summed E-state index contributed by atoms with van der Waals surface area (Å²) in [7, 11) is 2.04.